The number of carbonyl (C=O) groups excluding carboxylic acids is 1. The van der Waals surface area contributed by atoms with E-state index >= 15 is 0 Å². The molecule has 0 saturated carbocycles. The number of sulfone groups is 1. The van der Waals surface area contributed by atoms with Gasteiger partial charge in [-0.25, -0.2) is 13.4 Å². The van der Waals surface area contributed by atoms with E-state index in [9.17, 15) is 13.2 Å². The number of aromatic amines is 1. The van der Waals surface area contributed by atoms with Crippen LogP contribution < -0.4 is 5.32 Å². The van der Waals surface area contributed by atoms with E-state index in [0.29, 0.717) is 12.2 Å². The highest BCUT2D eigenvalue weighted by atomic mass is 32.2. The van der Waals surface area contributed by atoms with Gasteiger partial charge in [0.2, 0.25) is 5.82 Å². The summed E-state index contributed by atoms with van der Waals surface area (Å²) in [6.07, 6.45) is 2.66. The molecule has 1 aromatic heterocycles. The van der Waals surface area contributed by atoms with Gasteiger partial charge in [-0.1, -0.05) is 19.1 Å². The van der Waals surface area contributed by atoms with Gasteiger partial charge in [0.1, 0.15) is 5.82 Å². The number of aromatic nitrogens is 3. The summed E-state index contributed by atoms with van der Waals surface area (Å²) in [5.74, 6) is 0.0607. The second-order valence-corrected chi connectivity index (χ2v) is 6.56. The van der Waals surface area contributed by atoms with Crippen molar-refractivity contribution in [2.24, 2.45) is 0 Å². The van der Waals surface area contributed by atoms with E-state index < -0.39 is 15.7 Å². The average Bonchev–Trinajstić information content (AvgIpc) is 2.87. The van der Waals surface area contributed by atoms with Gasteiger partial charge in [0.15, 0.2) is 9.84 Å². The summed E-state index contributed by atoms with van der Waals surface area (Å²) < 4.78 is 23.3. The quantitative estimate of drug-likeness (QED) is 0.869. The smallest absolute Gasteiger partial charge is 0.295 e. The first-order chi connectivity index (χ1) is 9.91. The fourth-order valence-corrected chi connectivity index (χ4v) is 2.66. The Morgan fingerprint density at radius 3 is 2.71 bits per heavy atom. The van der Waals surface area contributed by atoms with Crippen molar-refractivity contribution in [2.45, 2.75) is 24.7 Å². The molecule has 0 radical (unpaired) electrons. The Morgan fingerprint density at radius 1 is 1.33 bits per heavy atom. The van der Waals surface area contributed by atoms with Crippen LogP contribution in [0.2, 0.25) is 0 Å². The topological polar surface area (TPSA) is 105 Å². The Labute approximate surface area is 122 Å². The lowest BCUT2D eigenvalue weighted by Gasteiger charge is -2.07. The van der Waals surface area contributed by atoms with Gasteiger partial charge in [0.05, 0.1) is 10.6 Å². The average molecular weight is 308 g/mol. The molecule has 2 rings (SSSR count). The largest absolute Gasteiger partial charge is 0.318 e. The van der Waals surface area contributed by atoms with E-state index in [4.69, 9.17) is 0 Å². The second kappa shape index (κ2) is 6.04. The predicted octanol–water partition coefficient (Wildman–Crippen LogP) is 1.41. The van der Waals surface area contributed by atoms with Crippen LogP contribution in [0.25, 0.3) is 0 Å². The minimum atomic E-state index is -3.43. The van der Waals surface area contributed by atoms with Crippen molar-refractivity contribution in [3.05, 3.63) is 35.9 Å². The van der Waals surface area contributed by atoms with Crippen molar-refractivity contribution >= 4 is 21.4 Å². The maximum atomic E-state index is 12.1. The molecule has 0 spiro atoms. The van der Waals surface area contributed by atoms with Gasteiger partial charge in [-0.2, -0.15) is 0 Å². The zero-order valence-electron chi connectivity index (χ0n) is 11.8. The molecule has 1 heterocycles. The molecule has 0 aliphatic heterocycles. The van der Waals surface area contributed by atoms with Crippen molar-refractivity contribution in [1.82, 2.24) is 15.2 Å². The number of nitrogens with zero attached hydrogens (tertiary/aromatic N) is 2. The maximum Gasteiger partial charge on any atom is 0.295 e. The predicted molar refractivity (Wildman–Crippen MR) is 77.9 cm³/mol. The molecule has 0 unspecified atom stereocenters. The summed E-state index contributed by atoms with van der Waals surface area (Å²) in [4.78, 5) is 16.2. The lowest BCUT2D eigenvalue weighted by molar-refractivity contribution is 0.101. The monoisotopic (exact) mass is 308 g/mol. The zero-order valence-corrected chi connectivity index (χ0v) is 12.6. The molecular formula is C13H16N4O3S. The number of hydrogen-bond donors (Lipinski definition) is 2. The Hall–Kier alpha value is -2.22. The van der Waals surface area contributed by atoms with Crippen LogP contribution in [-0.4, -0.2) is 35.8 Å². The molecular weight excluding hydrogens is 292 g/mol. The van der Waals surface area contributed by atoms with Gasteiger partial charge in [-0.05, 0) is 18.6 Å². The van der Waals surface area contributed by atoms with E-state index in [0.717, 1.165) is 12.7 Å². The van der Waals surface area contributed by atoms with Crippen molar-refractivity contribution in [3.8, 4) is 0 Å². The van der Waals surface area contributed by atoms with Gasteiger partial charge in [0, 0.05) is 12.7 Å². The Morgan fingerprint density at radius 2 is 2.05 bits per heavy atom. The van der Waals surface area contributed by atoms with Crippen LogP contribution in [-0.2, 0) is 16.3 Å². The lowest BCUT2D eigenvalue weighted by atomic mass is 10.3. The minimum absolute atomic E-state index is 0.0123. The molecule has 0 fully saturated rings. The Bertz CT molecular complexity index is 752. The number of H-pyrrole nitrogens is 1. The Balaban J connectivity index is 2.23. The standard InChI is InChI=1S/C13H16N4O3S/c1-3-6-11-15-12(17-16-11)13(18)14-9-7-4-5-8-10(9)21(2,19)20/h4-5,7-8H,3,6H2,1-2H3,(H,14,18)(H,15,16,17). The molecule has 2 aromatic rings. The molecule has 8 heteroatoms. The first-order valence-electron chi connectivity index (χ1n) is 6.43. The van der Waals surface area contributed by atoms with Crippen LogP contribution in [0.1, 0.15) is 29.8 Å². The third-order valence-corrected chi connectivity index (χ3v) is 3.91. The molecule has 7 nitrogen and oxygen atoms in total. The zero-order chi connectivity index (χ0) is 15.5. The summed E-state index contributed by atoms with van der Waals surface area (Å²) in [5, 5.41) is 9.03. The van der Waals surface area contributed by atoms with E-state index in [1.165, 1.54) is 12.1 Å². The summed E-state index contributed by atoms with van der Waals surface area (Å²) >= 11 is 0. The van der Waals surface area contributed by atoms with Crippen LogP contribution in [0.3, 0.4) is 0 Å². The molecule has 21 heavy (non-hydrogen) atoms. The summed E-state index contributed by atoms with van der Waals surface area (Å²) in [6.45, 7) is 1.99. The fourth-order valence-electron chi connectivity index (χ4n) is 1.82. The van der Waals surface area contributed by atoms with Gasteiger partial charge < -0.3 is 5.32 Å². The van der Waals surface area contributed by atoms with E-state index in [1.54, 1.807) is 12.1 Å². The molecule has 1 amide bonds. The van der Waals surface area contributed by atoms with Gasteiger partial charge in [-0.3, -0.25) is 9.89 Å². The minimum Gasteiger partial charge on any atom is -0.318 e. The fraction of sp³-hybridized carbons (Fsp3) is 0.308. The van der Waals surface area contributed by atoms with Crippen molar-refractivity contribution in [2.75, 3.05) is 11.6 Å². The number of nitrogens with one attached hydrogen (secondary N) is 2. The third-order valence-electron chi connectivity index (χ3n) is 2.76. The summed E-state index contributed by atoms with van der Waals surface area (Å²) in [6, 6.07) is 6.20. The third kappa shape index (κ3) is 3.66. The van der Waals surface area contributed by atoms with Crippen LogP contribution in [0.5, 0.6) is 0 Å². The lowest BCUT2D eigenvalue weighted by Crippen LogP contribution is -2.16. The number of hydrogen-bond acceptors (Lipinski definition) is 5. The second-order valence-electron chi connectivity index (χ2n) is 4.58. The number of rotatable bonds is 5. The number of amides is 1. The molecule has 0 saturated heterocycles. The van der Waals surface area contributed by atoms with Crippen LogP contribution in [0, 0.1) is 0 Å². The van der Waals surface area contributed by atoms with Gasteiger partial charge >= 0.3 is 0 Å². The molecule has 112 valence electrons. The molecule has 1 aromatic carbocycles. The molecule has 0 aliphatic rings. The Kier molecular flexibility index (Phi) is 4.37. The number of aryl methyl sites for hydroxylation is 1. The van der Waals surface area contributed by atoms with Gasteiger partial charge in [0.25, 0.3) is 5.91 Å². The molecule has 0 aliphatic carbocycles. The number of anilines is 1. The number of benzene rings is 1. The van der Waals surface area contributed by atoms with Crippen LogP contribution >= 0.6 is 0 Å². The number of carbonyl (C=O) groups is 1. The first-order valence-corrected chi connectivity index (χ1v) is 8.32. The molecule has 0 bridgehead atoms. The highest BCUT2D eigenvalue weighted by Gasteiger charge is 2.17. The van der Waals surface area contributed by atoms with Crippen molar-refractivity contribution < 1.29 is 13.2 Å². The molecule has 0 atom stereocenters. The van der Waals surface area contributed by atoms with Crippen LogP contribution in [0.4, 0.5) is 5.69 Å². The van der Waals surface area contributed by atoms with Crippen molar-refractivity contribution in [3.63, 3.8) is 0 Å². The maximum absolute atomic E-state index is 12.1. The summed E-state index contributed by atoms with van der Waals surface area (Å²) in [5.41, 5.74) is 0.215. The van der Waals surface area contributed by atoms with E-state index in [-0.39, 0.29) is 16.4 Å². The summed E-state index contributed by atoms with van der Waals surface area (Å²) in [7, 11) is -3.43. The molecule has 2 N–H and O–H groups in total. The van der Waals surface area contributed by atoms with E-state index in [2.05, 4.69) is 20.5 Å². The number of para-hydroxylation sites is 1. The first kappa shape index (κ1) is 15.2. The highest BCUT2D eigenvalue weighted by Crippen LogP contribution is 2.20. The van der Waals surface area contributed by atoms with Crippen LogP contribution in [0.15, 0.2) is 29.2 Å². The highest BCUT2D eigenvalue weighted by molar-refractivity contribution is 7.90. The van der Waals surface area contributed by atoms with E-state index in [1.807, 2.05) is 6.92 Å². The normalized spacial score (nSPS) is 11.3. The van der Waals surface area contributed by atoms with Gasteiger partial charge in [-0.15, -0.1) is 5.10 Å². The van der Waals surface area contributed by atoms with Crippen molar-refractivity contribution in [1.29, 1.82) is 0 Å². The SMILES string of the molecule is CCCc1nc(C(=O)Nc2ccccc2S(C)(=O)=O)n[nH]1.